The van der Waals surface area contributed by atoms with Gasteiger partial charge in [-0.2, -0.15) is 0 Å². The van der Waals surface area contributed by atoms with Gasteiger partial charge in [0.15, 0.2) is 11.4 Å². The van der Waals surface area contributed by atoms with Gasteiger partial charge in [-0.1, -0.05) is 38.8 Å². The summed E-state index contributed by atoms with van der Waals surface area (Å²) in [5.41, 5.74) is 2.71. The van der Waals surface area contributed by atoms with E-state index in [4.69, 9.17) is 4.74 Å². The van der Waals surface area contributed by atoms with Crippen molar-refractivity contribution in [3.8, 4) is 11.5 Å². The number of nitrogens with zero attached hydrogens (tertiary/aromatic N) is 3. The summed E-state index contributed by atoms with van der Waals surface area (Å²) in [5, 5.41) is 9.91. The highest BCUT2D eigenvalue weighted by atomic mass is 16.5. The third kappa shape index (κ3) is 6.49. The van der Waals surface area contributed by atoms with Gasteiger partial charge in [-0.05, 0) is 62.2 Å². The number of hydrogen-bond donors (Lipinski definition) is 1. The Balaban J connectivity index is 1.45. The lowest BCUT2D eigenvalue weighted by molar-refractivity contribution is 0.229. The smallest absolute Gasteiger partial charge is 0.179 e. The van der Waals surface area contributed by atoms with Crippen LogP contribution < -0.4 is 4.74 Å². The lowest BCUT2D eigenvalue weighted by Gasteiger charge is -2.21. The highest BCUT2D eigenvalue weighted by molar-refractivity contribution is 5.53. The van der Waals surface area contributed by atoms with Crippen LogP contribution in [0.15, 0.2) is 48.8 Å². The average molecular weight is 410 g/mol. The fraction of sp³-hybridized carbons (Fsp3) is 0.480. The molecule has 5 nitrogen and oxygen atoms in total. The van der Waals surface area contributed by atoms with Gasteiger partial charge < -0.3 is 19.1 Å². The predicted octanol–water partition coefficient (Wildman–Crippen LogP) is 5.30. The third-order valence-electron chi connectivity index (χ3n) is 5.36. The number of hydrogen-bond acceptors (Lipinski definition) is 4. The number of imidazole rings is 1. The molecule has 0 saturated heterocycles. The summed E-state index contributed by atoms with van der Waals surface area (Å²) >= 11 is 0. The van der Waals surface area contributed by atoms with Gasteiger partial charge in [0.2, 0.25) is 0 Å². The molecule has 5 heteroatoms. The van der Waals surface area contributed by atoms with E-state index in [9.17, 15) is 5.11 Å². The zero-order chi connectivity index (χ0) is 21.2. The number of rotatable bonds is 13. The summed E-state index contributed by atoms with van der Waals surface area (Å²) in [5.74, 6) is 1.12. The standard InChI is InChI=1S/C25H35N3O2/c1-3-5-14-27(15-6-4-2)16-8-18-30-23-12-10-21(11-13-23)19-22-20-28-17-7-9-24(29)25(28)26-22/h7,9-13,17,20,29H,3-6,8,14-16,18-19H2,1-2H3. The van der Waals surface area contributed by atoms with Crippen LogP contribution in [-0.4, -0.2) is 45.6 Å². The van der Waals surface area contributed by atoms with E-state index in [2.05, 4.69) is 35.9 Å². The van der Waals surface area contributed by atoms with Crippen molar-refractivity contribution >= 4 is 5.65 Å². The van der Waals surface area contributed by atoms with E-state index in [0.29, 0.717) is 5.65 Å². The fourth-order valence-corrected chi connectivity index (χ4v) is 3.62. The van der Waals surface area contributed by atoms with Gasteiger partial charge in [-0.15, -0.1) is 0 Å². The van der Waals surface area contributed by atoms with Crippen LogP contribution in [-0.2, 0) is 6.42 Å². The molecule has 3 aromatic rings. The van der Waals surface area contributed by atoms with Crippen LogP contribution in [0.25, 0.3) is 5.65 Å². The summed E-state index contributed by atoms with van der Waals surface area (Å²) in [6.07, 6.45) is 10.7. The molecule has 2 aromatic heterocycles. The van der Waals surface area contributed by atoms with Crippen LogP contribution >= 0.6 is 0 Å². The van der Waals surface area contributed by atoms with Crippen LogP contribution in [0.2, 0.25) is 0 Å². The molecular formula is C25H35N3O2. The molecule has 0 unspecified atom stereocenters. The number of benzene rings is 1. The second-order valence-corrected chi connectivity index (χ2v) is 7.93. The minimum atomic E-state index is 0.204. The Bertz CT molecular complexity index is 881. The normalized spacial score (nSPS) is 11.4. The van der Waals surface area contributed by atoms with E-state index < -0.39 is 0 Å². The van der Waals surface area contributed by atoms with Crippen molar-refractivity contribution in [3.63, 3.8) is 0 Å². The van der Waals surface area contributed by atoms with E-state index in [1.165, 1.54) is 44.3 Å². The van der Waals surface area contributed by atoms with Gasteiger partial charge in [0, 0.05) is 25.4 Å². The minimum absolute atomic E-state index is 0.204. The van der Waals surface area contributed by atoms with Crippen molar-refractivity contribution in [2.24, 2.45) is 0 Å². The molecule has 0 aliphatic carbocycles. The molecule has 1 N–H and O–H groups in total. The van der Waals surface area contributed by atoms with Crippen molar-refractivity contribution < 1.29 is 9.84 Å². The summed E-state index contributed by atoms with van der Waals surface area (Å²) < 4.78 is 7.81. The lowest BCUT2D eigenvalue weighted by atomic mass is 10.1. The third-order valence-corrected chi connectivity index (χ3v) is 5.36. The maximum Gasteiger partial charge on any atom is 0.179 e. The number of ether oxygens (including phenoxy) is 1. The zero-order valence-electron chi connectivity index (χ0n) is 18.4. The van der Waals surface area contributed by atoms with E-state index in [-0.39, 0.29) is 5.75 Å². The summed E-state index contributed by atoms with van der Waals surface area (Å²) in [4.78, 5) is 7.10. The highest BCUT2D eigenvalue weighted by Gasteiger charge is 2.07. The van der Waals surface area contributed by atoms with Crippen LogP contribution in [0.5, 0.6) is 11.5 Å². The number of aromatic nitrogens is 2. The Labute approximate surface area is 180 Å². The summed E-state index contributed by atoms with van der Waals surface area (Å²) in [7, 11) is 0. The Hall–Kier alpha value is -2.53. The molecule has 0 amide bonds. The maximum atomic E-state index is 9.91. The molecule has 0 fully saturated rings. The molecule has 162 valence electrons. The van der Waals surface area contributed by atoms with Crippen LogP contribution in [0, 0.1) is 0 Å². The zero-order valence-corrected chi connectivity index (χ0v) is 18.4. The van der Waals surface area contributed by atoms with E-state index in [1.807, 2.05) is 35.0 Å². The van der Waals surface area contributed by atoms with Crippen molar-refractivity contribution in [3.05, 3.63) is 60.0 Å². The van der Waals surface area contributed by atoms with Gasteiger partial charge in [0.1, 0.15) is 5.75 Å². The molecule has 30 heavy (non-hydrogen) atoms. The molecule has 3 rings (SSSR count). The Kier molecular flexibility index (Phi) is 8.57. The number of fused-ring (bicyclic) bond motifs is 1. The quantitative estimate of drug-likeness (QED) is 0.389. The van der Waals surface area contributed by atoms with E-state index in [1.54, 1.807) is 6.07 Å². The van der Waals surface area contributed by atoms with E-state index in [0.717, 1.165) is 37.4 Å². The van der Waals surface area contributed by atoms with E-state index >= 15 is 0 Å². The van der Waals surface area contributed by atoms with Crippen molar-refractivity contribution in [1.82, 2.24) is 14.3 Å². The van der Waals surface area contributed by atoms with Gasteiger partial charge in [0.25, 0.3) is 0 Å². The number of pyridine rings is 1. The van der Waals surface area contributed by atoms with Crippen LogP contribution in [0.1, 0.15) is 57.2 Å². The second kappa shape index (κ2) is 11.6. The predicted molar refractivity (Wildman–Crippen MR) is 122 cm³/mol. The first-order valence-electron chi connectivity index (χ1n) is 11.3. The lowest BCUT2D eigenvalue weighted by Crippen LogP contribution is -2.28. The van der Waals surface area contributed by atoms with Crippen molar-refractivity contribution in [1.29, 1.82) is 0 Å². The Morgan fingerprint density at radius 1 is 0.967 bits per heavy atom. The fourth-order valence-electron chi connectivity index (χ4n) is 3.62. The molecule has 0 atom stereocenters. The topological polar surface area (TPSA) is 50.0 Å². The minimum Gasteiger partial charge on any atom is -0.504 e. The molecule has 0 aliphatic heterocycles. The first kappa shape index (κ1) is 22.2. The summed E-state index contributed by atoms with van der Waals surface area (Å²) in [6.45, 7) is 8.77. The Morgan fingerprint density at radius 3 is 2.33 bits per heavy atom. The maximum absolute atomic E-state index is 9.91. The van der Waals surface area contributed by atoms with Crippen molar-refractivity contribution in [2.75, 3.05) is 26.2 Å². The number of aromatic hydroxyl groups is 1. The first-order valence-corrected chi connectivity index (χ1v) is 11.3. The van der Waals surface area contributed by atoms with Crippen LogP contribution in [0.4, 0.5) is 0 Å². The monoisotopic (exact) mass is 409 g/mol. The first-order chi connectivity index (χ1) is 14.7. The van der Waals surface area contributed by atoms with Crippen molar-refractivity contribution in [2.45, 2.75) is 52.4 Å². The molecular weight excluding hydrogens is 374 g/mol. The molecule has 0 saturated carbocycles. The Morgan fingerprint density at radius 2 is 1.67 bits per heavy atom. The SMILES string of the molecule is CCCCN(CCCC)CCCOc1ccc(Cc2cn3cccc(O)c3n2)cc1. The molecule has 0 radical (unpaired) electrons. The average Bonchev–Trinajstić information content (AvgIpc) is 3.17. The van der Waals surface area contributed by atoms with Gasteiger partial charge >= 0.3 is 0 Å². The molecule has 2 heterocycles. The highest BCUT2D eigenvalue weighted by Crippen LogP contribution is 2.19. The van der Waals surface area contributed by atoms with Gasteiger partial charge in [-0.25, -0.2) is 4.98 Å². The summed E-state index contributed by atoms with van der Waals surface area (Å²) in [6, 6.07) is 11.7. The molecule has 1 aromatic carbocycles. The van der Waals surface area contributed by atoms with Gasteiger partial charge in [0.05, 0.1) is 12.3 Å². The van der Waals surface area contributed by atoms with Crippen LogP contribution in [0.3, 0.4) is 0 Å². The van der Waals surface area contributed by atoms with Gasteiger partial charge in [-0.3, -0.25) is 0 Å². The second-order valence-electron chi connectivity index (χ2n) is 7.93. The largest absolute Gasteiger partial charge is 0.504 e. The molecule has 0 bridgehead atoms. The number of unbranched alkanes of at least 4 members (excludes halogenated alkanes) is 2. The molecule has 0 aliphatic rings. The molecule has 0 spiro atoms.